The second kappa shape index (κ2) is 4.03. The summed E-state index contributed by atoms with van der Waals surface area (Å²) in [5.41, 5.74) is 0.807. The Kier molecular flexibility index (Phi) is 2.93. The van der Waals surface area contributed by atoms with Gasteiger partial charge in [0.15, 0.2) is 0 Å². The maximum absolute atomic E-state index is 9.52. The van der Waals surface area contributed by atoms with E-state index in [2.05, 4.69) is 4.98 Å². The molecule has 14 heavy (non-hydrogen) atoms. The molecular formula is C9H7Cl2NOS. The van der Waals surface area contributed by atoms with Crippen molar-refractivity contribution in [2.45, 2.75) is 6.10 Å². The van der Waals surface area contributed by atoms with E-state index in [9.17, 15) is 5.11 Å². The topological polar surface area (TPSA) is 33.1 Å². The number of alkyl halides is 1. The molecule has 0 saturated heterocycles. The summed E-state index contributed by atoms with van der Waals surface area (Å²) in [6.07, 6.45) is -0.616. The second-order valence-electron chi connectivity index (χ2n) is 2.84. The average Bonchev–Trinajstić information content (AvgIpc) is 2.59. The molecule has 5 heteroatoms. The molecule has 2 aromatic heterocycles. The summed E-state index contributed by atoms with van der Waals surface area (Å²) in [6, 6.07) is 5.44. The molecule has 74 valence electrons. The lowest BCUT2D eigenvalue weighted by Crippen LogP contribution is -1.93. The quantitative estimate of drug-likeness (QED) is 0.653. The summed E-state index contributed by atoms with van der Waals surface area (Å²) in [4.78, 5) is 4.96. The number of fused-ring (bicyclic) bond motifs is 1. The third-order valence-electron chi connectivity index (χ3n) is 1.83. The number of hydrogen-bond acceptors (Lipinski definition) is 3. The minimum atomic E-state index is -0.616. The average molecular weight is 248 g/mol. The highest BCUT2D eigenvalue weighted by atomic mass is 35.5. The molecule has 2 nitrogen and oxygen atoms in total. The van der Waals surface area contributed by atoms with Crippen LogP contribution in [0.5, 0.6) is 0 Å². The summed E-state index contributed by atoms with van der Waals surface area (Å²) in [6.45, 7) is 0. The minimum absolute atomic E-state index is 0.195. The molecule has 2 rings (SSSR count). The second-order valence-corrected chi connectivity index (χ2v) is 4.65. The van der Waals surface area contributed by atoms with Gasteiger partial charge in [-0.3, -0.25) is 0 Å². The van der Waals surface area contributed by atoms with Crippen LogP contribution in [0.1, 0.15) is 11.0 Å². The van der Waals surface area contributed by atoms with Gasteiger partial charge < -0.3 is 5.11 Å². The van der Waals surface area contributed by atoms with Crippen LogP contribution in [0.2, 0.25) is 5.15 Å². The summed E-state index contributed by atoms with van der Waals surface area (Å²) < 4.78 is 1.01. The molecule has 1 unspecified atom stereocenters. The van der Waals surface area contributed by atoms with E-state index >= 15 is 0 Å². The molecule has 2 aromatic rings. The lowest BCUT2D eigenvalue weighted by molar-refractivity contribution is 0.206. The van der Waals surface area contributed by atoms with Crippen LogP contribution >= 0.6 is 34.5 Å². The highest BCUT2D eigenvalue weighted by Crippen LogP contribution is 2.30. The van der Waals surface area contributed by atoms with Crippen LogP contribution < -0.4 is 0 Å². The maximum Gasteiger partial charge on any atom is 0.129 e. The Labute approximate surface area is 95.1 Å². The van der Waals surface area contributed by atoms with Gasteiger partial charge in [0.25, 0.3) is 0 Å². The summed E-state index contributed by atoms with van der Waals surface area (Å²) in [5, 5.41) is 9.98. The lowest BCUT2D eigenvalue weighted by atomic mass is 10.3. The van der Waals surface area contributed by atoms with Gasteiger partial charge in [-0.2, -0.15) is 0 Å². The van der Waals surface area contributed by atoms with Crippen molar-refractivity contribution in [1.82, 2.24) is 4.98 Å². The van der Waals surface area contributed by atoms with Gasteiger partial charge in [-0.25, -0.2) is 4.98 Å². The number of nitrogens with zero attached hydrogens (tertiary/aromatic N) is 1. The van der Waals surface area contributed by atoms with Crippen molar-refractivity contribution in [1.29, 1.82) is 0 Å². The standard InChI is InChI=1S/C9H7Cl2NOS/c10-4-6(13)8-3-5-7(14-8)1-2-9(11)12-5/h1-3,6,13H,4H2. The van der Waals surface area contributed by atoms with Gasteiger partial charge in [0.2, 0.25) is 0 Å². The first-order chi connectivity index (χ1) is 6.70. The molecule has 0 amide bonds. The van der Waals surface area contributed by atoms with Gasteiger partial charge in [-0.05, 0) is 18.2 Å². The first kappa shape index (κ1) is 10.2. The molecule has 1 N–H and O–H groups in total. The van der Waals surface area contributed by atoms with Crippen LogP contribution in [-0.2, 0) is 0 Å². The van der Waals surface area contributed by atoms with E-state index in [1.54, 1.807) is 6.07 Å². The first-order valence-corrected chi connectivity index (χ1v) is 5.73. The van der Waals surface area contributed by atoms with Crippen molar-refractivity contribution in [3.05, 3.63) is 28.2 Å². The fraction of sp³-hybridized carbons (Fsp3) is 0.222. The zero-order valence-electron chi connectivity index (χ0n) is 7.08. The first-order valence-electron chi connectivity index (χ1n) is 4.00. The molecule has 0 spiro atoms. The number of rotatable bonds is 2. The summed E-state index contributed by atoms with van der Waals surface area (Å²) in [7, 11) is 0. The van der Waals surface area contributed by atoms with Gasteiger partial charge in [0.1, 0.15) is 11.3 Å². The molecule has 0 fully saturated rings. The molecule has 2 heterocycles. The predicted molar refractivity (Wildman–Crippen MR) is 60.3 cm³/mol. The fourth-order valence-electron chi connectivity index (χ4n) is 1.16. The predicted octanol–water partition coefficient (Wildman–Crippen LogP) is 3.22. The Morgan fingerprint density at radius 3 is 3.00 bits per heavy atom. The lowest BCUT2D eigenvalue weighted by Gasteiger charge is -2.00. The number of aliphatic hydroxyl groups is 1. The van der Waals surface area contributed by atoms with E-state index in [4.69, 9.17) is 23.2 Å². The number of hydrogen-bond donors (Lipinski definition) is 1. The number of thiophene rings is 1. The van der Waals surface area contributed by atoms with Gasteiger partial charge >= 0.3 is 0 Å². The van der Waals surface area contributed by atoms with Gasteiger partial charge in [0.05, 0.1) is 16.1 Å². The van der Waals surface area contributed by atoms with Crippen LogP contribution in [0.15, 0.2) is 18.2 Å². The Hall–Kier alpha value is -0.350. The molecule has 1 atom stereocenters. The zero-order valence-corrected chi connectivity index (χ0v) is 9.40. The van der Waals surface area contributed by atoms with Crippen LogP contribution in [0.3, 0.4) is 0 Å². The smallest absolute Gasteiger partial charge is 0.129 e. The Morgan fingerprint density at radius 1 is 1.50 bits per heavy atom. The SMILES string of the molecule is OC(CCl)c1cc2nc(Cl)ccc2s1. The Bertz CT molecular complexity index is 457. The largest absolute Gasteiger partial charge is 0.386 e. The van der Waals surface area contributed by atoms with Crippen LogP contribution in [0, 0.1) is 0 Å². The van der Waals surface area contributed by atoms with E-state index in [-0.39, 0.29) is 5.88 Å². The fourth-order valence-corrected chi connectivity index (χ4v) is 2.56. The van der Waals surface area contributed by atoms with Crippen LogP contribution in [0.4, 0.5) is 0 Å². The molecule has 0 saturated carbocycles. The molecular weight excluding hydrogens is 241 g/mol. The number of aromatic nitrogens is 1. The molecule has 0 aromatic carbocycles. The number of aliphatic hydroxyl groups excluding tert-OH is 1. The van der Waals surface area contributed by atoms with Gasteiger partial charge in [-0.15, -0.1) is 22.9 Å². The molecule has 0 aliphatic carbocycles. The molecule has 0 aliphatic rings. The van der Waals surface area contributed by atoms with Crippen LogP contribution in [-0.4, -0.2) is 16.0 Å². The molecule has 0 bridgehead atoms. The van der Waals surface area contributed by atoms with Crippen LogP contribution in [0.25, 0.3) is 10.2 Å². The van der Waals surface area contributed by atoms with E-state index < -0.39 is 6.10 Å². The van der Waals surface area contributed by atoms with Crippen molar-refractivity contribution < 1.29 is 5.11 Å². The normalized spacial score (nSPS) is 13.4. The minimum Gasteiger partial charge on any atom is -0.386 e. The van der Waals surface area contributed by atoms with E-state index in [1.165, 1.54) is 11.3 Å². The van der Waals surface area contributed by atoms with Gasteiger partial charge in [-0.1, -0.05) is 11.6 Å². The summed E-state index contributed by atoms with van der Waals surface area (Å²) in [5.74, 6) is 0.195. The van der Waals surface area contributed by atoms with E-state index in [0.717, 1.165) is 15.1 Å². The monoisotopic (exact) mass is 247 g/mol. The Morgan fingerprint density at radius 2 is 2.29 bits per heavy atom. The number of pyridine rings is 1. The van der Waals surface area contributed by atoms with Crippen molar-refractivity contribution >= 4 is 44.8 Å². The maximum atomic E-state index is 9.52. The number of halogens is 2. The third-order valence-corrected chi connectivity index (χ3v) is 3.53. The molecule has 0 aliphatic heterocycles. The van der Waals surface area contributed by atoms with Crippen molar-refractivity contribution in [3.8, 4) is 0 Å². The van der Waals surface area contributed by atoms with Crippen molar-refractivity contribution in [2.24, 2.45) is 0 Å². The highest BCUT2D eigenvalue weighted by molar-refractivity contribution is 7.19. The van der Waals surface area contributed by atoms with Crippen molar-refractivity contribution in [2.75, 3.05) is 5.88 Å². The highest BCUT2D eigenvalue weighted by Gasteiger charge is 2.10. The van der Waals surface area contributed by atoms with E-state index in [0.29, 0.717) is 5.15 Å². The van der Waals surface area contributed by atoms with Crippen molar-refractivity contribution in [3.63, 3.8) is 0 Å². The zero-order chi connectivity index (χ0) is 10.1. The van der Waals surface area contributed by atoms with E-state index in [1.807, 2.05) is 12.1 Å². The van der Waals surface area contributed by atoms with Gasteiger partial charge in [0, 0.05) is 4.88 Å². The Balaban J connectivity index is 2.51. The molecule has 0 radical (unpaired) electrons. The third kappa shape index (κ3) is 1.86. The summed E-state index contributed by atoms with van der Waals surface area (Å²) >= 11 is 12.8.